The zero-order chi connectivity index (χ0) is 13.1. The van der Waals surface area contributed by atoms with E-state index in [1.165, 1.54) is 4.88 Å². The summed E-state index contributed by atoms with van der Waals surface area (Å²) in [5, 5.41) is 5.07. The molecule has 1 unspecified atom stereocenters. The summed E-state index contributed by atoms with van der Waals surface area (Å²) in [6, 6.07) is 12.0. The molecule has 0 aliphatic carbocycles. The first kappa shape index (κ1) is 12.4. The molecule has 98 valence electrons. The first-order valence-electron chi connectivity index (χ1n) is 6.36. The van der Waals surface area contributed by atoms with Crippen molar-refractivity contribution < 1.29 is 9.53 Å². The lowest BCUT2D eigenvalue weighted by molar-refractivity contribution is -0.119. The highest BCUT2D eigenvalue weighted by Crippen LogP contribution is 2.31. The molecule has 0 bridgehead atoms. The van der Waals surface area contributed by atoms with Gasteiger partial charge < -0.3 is 10.1 Å². The minimum absolute atomic E-state index is 0.0172. The van der Waals surface area contributed by atoms with Gasteiger partial charge in [-0.25, -0.2) is 0 Å². The van der Waals surface area contributed by atoms with E-state index >= 15 is 0 Å². The van der Waals surface area contributed by atoms with Crippen molar-refractivity contribution in [2.45, 2.75) is 6.42 Å². The number of carbonyl (C=O) groups is 1. The number of para-hydroxylation sites is 1. The maximum atomic E-state index is 12.1. The standard InChI is InChI=1S/C15H15NO2S/c17-15(11-7-8-18-10-11)16-13-5-2-1-4-12(13)14-6-3-9-19-14/h1-6,9,11H,7-8,10H2,(H,16,17). The summed E-state index contributed by atoms with van der Waals surface area (Å²) in [6.07, 6.45) is 0.813. The van der Waals surface area contributed by atoms with Gasteiger partial charge in [0.1, 0.15) is 0 Å². The molecule has 4 heteroatoms. The Morgan fingerprint density at radius 3 is 2.89 bits per heavy atom. The molecule has 1 aromatic carbocycles. The van der Waals surface area contributed by atoms with Crippen LogP contribution in [0.5, 0.6) is 0 Å². The molecule has 1 saturated heterocycles. The number of ether oxygens (including phenoxy) is 1. The molecular weight excluding hydrogens is 258 g/mol. The predicted octanol–water partition coefficient (Wildman–Crippen LogP) is 3.39. The third-order valence-corrected chi connectivity index (χ3v) is 4.18. The maximum Gasteiger partial charge on any atom is 0.229 e. The van der Waals surface area contributed by atoms with Crippen LogP contribution in [0.4, 0.5) is 5.69 Å². The molecule has 0 saturated carbocycles. The number of carbonyl (C=O) groups excluding carboxylic acids is 1. The van der Waals surface area contributed by atoms with Gasteiger partial charge in [-0.1, -0.05) is 24.3 Å². The number of rotatable bonds is 3. The van der Waals surface area contributed by atoms with Gasteiger partial charge in [-0.2, -0.15) is 0 Å². The van der Waals surface area contributed by atoms with E-state index in [-0.39, 0.29) is 11.8 Å². The van der Waals surface area contributed by atoms with Crippen molar-refractivity contribution in [1.29, 1.82) is 0 Å². The minimum Gasteiger partial charge on any atom is -0.381 e. The molecule has 2 heterocycles. The quantitative estimate of drug-likeness (QED) is 0.931. The Hall–Kier alpha value is -1.65. The van der Waals surface area contributed by atoms with Crippen LogP contribution in [0.15, 0.2) is 41.8 Å². The fraction of sp³-hybridized carbons (Fsp3) is 0.267. The fourth-order valence-electron chi connectivity index (χ4n) is 2.21. The minimum atomic E-state index is -0.0172. The molecular formula is C15H15NO2S. The van der Waals surface area contributed by atoms with E-state index in [1.54, 1.807) is 11.3 Å². The molecule has 0 radical (unpaired) electrons. The van der Waals surface area contributed by atoms with Crippen LogP contribution in [-0.2, 0) is 9.53 Å². The Labute approximate surface area is 116 Å². The van der Waals surface area contributed by atoms with Crippen LogP contribution in [0.25, 0.3) is 10.4 Å². The molecule has 1 aromatic heterocycles. The highest BCUT2D eigenvalue weighted by molar-refractivity contribution is 7.13. The first-order valence-corrected chi connectivity index (χ1v) is 7.24. The Morgan fingerprint density at radius 2 is 2.16 bits per heavy atom. The van der Waals surface area contributed by atoms with Crippen molar-refractivity contribution in [3.63, 3.8) is 0 Å². The number of thiophene rings is 1. The lowest BCUT2D eigenvalue weighted by Gasteiger charge is -2.12. The molecule has 1 atom stereocenters. The van der Waals surface area contributed by atoms with Crippen molar-refractivity contribution in [3.8, 4) is 10.4 Å². The van der Waals surface area contributed by atoms with Gasteiger partial charge in [0, 0.05) is 22.7 Å². The molecule has 1 fully saturated rings. The van der Waals surface area contributed by atoms with Gasteiger partial charge in [-0.15, -0.1) is 11.3 Å². The van der Waals surface area contributed by atoms with E-state index in [9.17, 15) is 4.79 Å². The highest BCUT2D eigenvalue weighted by atomic mass is 32.1. The molecule has 1 N–H and O–H groups in total. The largest absolute Gasteiger partial charge is 0.381 e. The predicted molar refractivity (Wildman–Crippen MR) is 77.3 cm³/mol. The summed E-state index contributed by atoms with van der Waals surface area (Å²) in [5.74, 6) is 0.0397. The summed E-state index contributed by atoms with van der Waals surface area (Å²) < 4.78 is 5.26. The Bertz CT molecular complexity index is 559. The van der Waals surface area contributed by atoms with Gasteiger partial charge in [0.25, 0.3) is 0 Å². The number of hydrogen-bond donors (Lipinski definition) is 1. The second-order valence-corrected chi connectivity index (χ2v) is 5.52. The van der Waals surface area contributed by atoms with Gasteiger partial charge in [-0.05, 0) is 23.9 Å². The van der Waals surface area contributed by atoms with E-state index in [0.717, 1.165) is 17.7 Å². The molecule has 1 amide bonds. The summed E-state index contributed by atoms with van der Waals surface area (Å²) in [5.41, 5.74) is 1.95. The van der Waals surface area contributed by atoms with Gasteiger partial charge in [0.05, 0.1) is 12.5 Å². The number of hydrogen-bond acceptors (Lipinski definition) is 3. The average Bonchev–Trinajstić information content (AvgIpc) is 3.13. The smallest absolute Gasteiger partial charge is 0.229 e. The summed E-state index contributed by atoms with van der Waals surface area (Å²) >= 11 is 1.67. The van der Waals surface area contributed by atoms with Crippen molar-refractivity contribution in [1.82, 2.24) is 0 Å². The maximum absolute atomic E-state index is 12.1. The summed E-state index contributed by atoms with van der Waals surface area (Å²) in [6.45, 7) is 1.22. The Kier molecular flexibility index (Phi) is 3.62. The number of amides is 1. The number of benzene rings is 1. The first-order chi connectivity index (χ1) is 9.34. The third-order valence-electron chi connectivity index (χ3n) is 3.27. The molecule has 1 aliphatic rings. The lowest BCUT2D eigenvalue weighted by Crippen LogP contribution is -2.23. The topological polar surface area (TPSA) is 38.3 Å². The van der Waals surface area contributed by atoms with Crippen molar-refractivity contribution in [3.05, 3.63) is 41.8 Å². The van der Waals surface area contributed by atoms with E-state index < -0.39 is 0 Å². The van der Waals surface area contributed by atoms with Crippen LogP contribution < -0.4 is 5.32 Å². The van der Waals surface area contributed by atoms with Gasteiger partial charge in [-0.3, -0.25) is 4.79 Å². The molecule has 0 spiro atoms. The fourth-order valence-corrected chi connectivity index (χ4v) is 2.98. The zero-order valence-corrected chi connectivity index (χ0v) is 11.3. The van der Waals surface area contributed by atoms with Crippen LogP contribution in [0.2, 0.25) is 0 Å². The third kappa shape index (κ3) is 2.69. The summed E-state index contributed by atoms with van der Waals surface area (Å²) in [4.78, 5) is 13.3. The second-order valence-electron chi connectivity index (χ2n) is 4.57. The monoisotopic (exact) mass is 273 g/mol. The molecule has 3 rings (SSSR count). The van der Waals surface area contributed by atoms with E-state index in [1.807, 2.05) is 35.7 Å². The van der Waals surface area contributed by atoms with E-state index in [2.05, 4.69) is 11.4 Å². The van der Waals surface area contributed by atoms with Crippen LogP contribution in [0, 0.1) is 5.92 Å². The van der Waals surface area contributed by atoms with Crippen molar-refractivity contribution >= 4 is 22.9 Å². The van der Waals surface area contributed by atoms with Crippen LogP contribution in [0.3, 0.4) is 0 Å². The highest BCUT2D eigenvalue weighted by Gasteiger charge is 2.24. The molecule has 19 heavy (non-hydrogen) atoms. The van der Waals surface area contributed by atoms with Crippen LogP contribution >= 0.6 is 11.3 Å². The number of nitrogens with one attached hydrogen (secondary N) is 1. The Morgan fingerprint density at radius 1 is 1.26 bits per heavy atom. The van der Waals surface area contributed by atoms with E-state index in [0.29, 0.717) is 13.2 Å². The summed E-state index contributed by atoms with van der Waals surface area (Å²) in [7, 11) is 0. The number of anilines is 1. The normalized spacial score (nSPS) is 18.4. The average molecular weight is 273 g/mol. The Balaban J connectivity index is 1.83. The lowest BCUT2D eigenvalue weighted by atomic mass is 10.1. The SMILES string of the molecule is O=C(Nc1ccccc1-c1cccs1)C1CCOC1. The van der Waals surface area contributed by atoms with Crippen molar-refractivity contribution in [2.75, 3.05) is 18.5 Å². The van der Waals surface area contributed by atoms with Gasteiger partial charge in [0.2, 0.25) is 5.91 Å². The van der Waals surface area contributed by atoms with Crippen molar-refractivity contribution in [2.24, 2.45) is 5.92 Å². The molecule has 3 nitrogen and oxygen atoms in total. The van der Waals surface area contributed by atoms with E-state index in [4.69, 9.17) is 4.74 Å². The van der Waals surface area contributed by atoms with Gasteiger partial charge >= 0.3 is 0 Å². The molecule has 1 aliphatic heterocycles. The van der Waals surface area contributed by atoms with Gasteiger partial charge in [0.15, 0.2) is 0 Å². The molecule has 2 aromatic rings. The zero-order valence-electron chi connectivity index (χ0n) is 10.5. The second kappa shape index (κ2) is 5.55. The van der Waals surface area contributed by atoms with Crippen LogP contribution in [-0.4, -0.2) is 19.1 Å². The van der Waals surface area contributed by atoms with Crippen LogP contribution in [0.1, 0.15) is 6.42 Å².